The Bertz CT molecular complexity index is 406. The fraction of sp³-hybridized carbons (Fsp3) is 0.818. The highest BCUT2D eigenvalue weighted by molar-refractivity contribution is 7.96. The second-order valence-electron chi connectivity index (χ2n) is 5.02. The van der Waals surface area contributed by atoms with Gasteiger partial charge in [-0.25, -0.2) is 9.59 Å². The lowest BCUT2D eigenvalue weighted by Gasteiger charge is -2.22. The molecule has 2 bridgehead atoms. The number of hydrogen-bond donors (Lipinski definition) is 0. The molecule has 21 heavy (non-hydrogen) atoms. The second-order valence-corrected chi connectivity index (χ2v) is 5.83. The van der Waals surface area contributed by atoms with Gasteiger partial charge in [-0.1, -0.05) is 0 Å². The zero-order valence-corrected chi connectivity index (χ0v) is 11.6. The Morgan fingerprint density at radius 3 is 2.62 bits per heavy atom. The Morgan fingerprint density at radius 1 is 1.29 bits per heavy atom. The van der Waals surface area contributed by atoms with Gasteiger partial charge in [0.2, 0.25) is 0 Å². The summed E-state index contributed by atoms with van der Waals surface area (Å²) in [6.07, 6.45) is 3.68. The predicted octanol–water partition coefficient (Wildman–Crippen LogP) is 0.726. The molecule has 0 aromatic heterocycles. The molecule has 7 nitrogen and oxygen atoms in total. The number of esters is 2. The molecule has 3 unspecified atom stereocenters. The Hall–Kier alpha value is -0.970. The Labute approximate surface area is 122 Å². The molecule has 2 fully saturated rings. The minimum absolute atomic E-state index is 0.220. The quantitative estimate of drug-likeness (QED) is 0.292. The summed E-state index contributed by atoms with van der Waals surface area (Å²) in [6.45, 7) is -0.916. The van der Waals surface area contributed by atoms with E-state index in [0.717, 1.165) is 25.7 Å². The Balaban J connectivity index is 1.70. The van der Waals surface area contributed by atoms with Crippen LogP contribution < -0.4 is 5.26 Å². The van der Waals surface area contributed by atoms with Gasteiger partial charge in [0.1, 0.15) is 18.1 Å². The van der Waals surface area contributed by atoms with Crippen molar-refractivity contribution in [2.75, 3.05) is 6.61 Å². The standard InChI is InChI=1S/C11H14F2O7S/c12-11(13,21-20-19-16)10(15)17-5-9(14)18-8-4-6-1-2-7(8)3-6/h6-8,16H,1-5H2/p-1. The fourth-order valence-electron chi connectivity index (χ4n) is 2.83. The van der Waals surface area contributed by atoms with Crippen LogP contribution in [0.15, 0.2) is 0 Å². The van der Waals surface area contributed by atoms with Gasteiger partial charge in [-0.15, -0.1) is 0 Å². The first-order valence-electron chi connectivity index (χ1n) is 6.31. The number of ether oxygens (including phenoxy) is 2. The maximum atomic E-state index is 13.0. The van der Waals surface area contributed by atoms with Crippen LogP contribution in [0, 0.1) is 11.8 Å². The van der Waals surface area contributed by atoms with E-state index in [4.69, 9.17) is 4.74 Å². The Kier molecular flexibility index (Phi) is 5.36. The highest BCUT2D eigenvalue weighted by atomic mass is 32.2. The van der Waals surface area contributed by atoms with Crippen molar-refractivity contribution in [1.82, 2.24) is 0 Å². The van der Waals surface area contributed by atoms with E-state index in [9.17, 15) is 23.6 Å². The Morgan fingerprint density at radius 2 is 2.05 bits per heavy atom. The third-order valence-corrected chi connectivity index (χ3v) is 4.18. The number of hydrogen-bond acceptors (Lipinski definition) is 8. The van der Waals surface area contributed by atoms with Crippen LogP contribution in [0.1, 0.15) is 25.7 Å². The molecule has 0 aromatic carbocycles. The zero-order chi connectivity index (χ0) is 15.5. The van der Waals surface area contributed by atoms with E-state index in [2.05, 4.69) is 14.1 Å². The van der Waals surface area contributed by atoms with E-state index in [-0.39, 0.29) is 6.10 Å². The van der Waals surface area contributed by atoms with E-state index >= 15 is 0 Å². The molecule has 2 rings (SSSR count). The third kappa shape index (κ3) is 4.25. The van der Waals surface area contributed by atoms with Gasteiger partial charge >= 0.3 is 17.2 Å². The average molecular weight is 327 g/mol. The third-order valence-electron chi connectivity index (χ3n) is 3.68. The van der Waals surface area contributed by atoms with Crippen molar-refractivity contribution in [2.45, 2.75) is 37.0 Å². The van der Waals surface area contributed by atoms with Crippen LogP contribution in [-0.4, -0.2) is 29.9 Å². The van der Waals surface area contributed by atoms with Gasteiger partial charge in [0.25, 0.3) is 0 Å². The summed E-state index contributed by atoms with van der Waals surface area (Å²) in [6, 6.07) is 0. The molecule has 0 N–H and O–H groups in total. The van der Waals surface area contributed by atoms with Crippen molar-refractivity contribution < 1.29 is 42.5 Å². The summed E-state index contributed by atoms with van der Waals surface area (Å²) < 4.78 is 38.6. The fourth-order valence-corrected chi connectivity index (χ4v) is 3.07. The molecular formula is C11H13F2O7S-. The molecule has 0 saturated heterocycles. The molecule has 0 aromatic rings. The largest absolute Gasteiger partial charge is 0.691 e. The van der Waals surface area contributed by atoms with Crippen LogP contribution in [0.25, 0.3) is 0 Å². The van der Waals surface area contributed by atoms with Gasteiger partial charge in [-0.05, 0) is 37.5 Å². The first kappa shape index (κ1) is 16.4. The number of carbonyl (C=O) groups excluding carboxylic acids is 2. The summed E-state index contributed by atoms with van der Waals surface area (Å²) in [7, 11) is 0. The lowest BCUT2D eigenvalue weighted by Crippen LogP contribution is -2.32. The summed E-state index contributed by atoms with van der Waals surface area (Å²) in [4.78, 5) is 22.5. The van der Waals surface area contributed by atoms with Crippen LogP contribution in [0.3, 0.4) is 0 Å². The molecule has 0 radical (unpaired) electrons. The van der Waals surface area contributed by atoms with Crippen molar-refractivity contribution >= 4 is 24.0 Å². The summed E-state index contributed by atoms with van der Waals surface area (Å²) in [5.41, 5.74) is 0. The van der Waals surface area contributed by atoms with Crippen LogP contribution >= 0.6 is 12.0 Å². The topological polar surface area (TPSA) is 94.1 Å². The van der Waals surface area contributed by atoms with E-state index in [1.807, 2.05) is 0 Å². The monoisotopic (exact) mass is 327 g/mol. The van der Waals surface area contributed by atoms with Crippen molar-refractivity contribution in [3.8, 4) is 0 Å². The molecule has 2 aliphatic carbocycles. The van der Waals surface area contributed by atoms with Crippen LogP contribution in [0.5, 0.6) is 0 Å². The number of fused-ring (bicyclic) bond motifs is 2. The first-order valence-corrected chi connectivity index (χ1v) is 7.05. The highest BCUT2D eigenvalue weighted by Crippen LogP contribution is 2.45. The predicted molar refractivity (Wildman–Crippen MR) is 61.0 cm³/mol. The zero-order valence-electron chi connectivity index (χ0n) is 10.8. The van der Waals surface area contributed by atoms with Gasteiger partial charge in [-0.3, -0.25) is 5.04 Å². The maximum Gasteiger partial charge on any atom is 0.415 e. The summed E-state index contributed by atoms with van der Waals surface area (Å²) in [5.74, 6) is -2.02. The normalized spacial score (nSPS) is 27.7. The van der Waals surface area contributed by atoms with Crippen molar-refractivity contribution in [3.05, 3.63) is 0 Å². The number of halogens is 2. The molecule has 2 aliphatic rings. The minimum atomic E-state index is -4.16. The van der Waals surface area contributed by atoms with Gasteiger partial charge in [0.15, 0.2) is 6.61 Å². The number of alkyl halides is 2. The van der Waals surface area contributed by atoms with Gasteiger partial charge in [0, 0.05) is 0 Å². The molecule has 10 heteroatoms. The summed E-state index contributed by atoms with van der Waals surface area (Å²) in [5, 5.41) is 7.97. The van der Waals surface area contributed by atoms with Gasteiger partial charge in [0.05, 0.1) is 0 Å². The van der Waals surface area contributed by atoms with Crippen molar-refractivity contribution in [1.29, 1.82) is 0 Å². The lowest BCUT2D eigenvalue weighted by atomic mass is 9.98. The first-order chi connectivity index (χ1) is 9.92. The van der Waals surface area contributed by atoms with Gasteiger partial charge in [-0.2, -0.15) is 13.1 Å². The SMILES string of the molecule is O=C(COC(=O)C(F)(F)SOO[O-])OC1CC2CCC1C2. The van der Waals surface area contributed by atoms with Crippen LogP contribution in [0.4, 0.5) is 8.78 Å². The maximum absolute atomic E-state index is 13.0. The number of rotatable bonds is 7. The molecule has 0 heterocycles. The molecule has 0 aliphatic heterocycles. The highest BCUT2D eigenvalue weighted by Gasteiger charge is 2.45. The second kappa shape index (κ2) is 6.86. The molecule has 2 saturated carbocycles. The molecular weight excluding hydrogens is 314 g/mol. The van der Waals surface area contributed by atoms with Gasteiger partial charge < -0.3 is 14.7 Å². The molecule has 0 amide bonds. The lowest BCUT2D eigenvalue weighted by molar-refractivity contribution is -0.777. The van der Waals surface area contributed by atoms with Crippen LogP contribution in [0.2, 0.25) is 0 Å². The van der Waals surface area contributed by atoms with E-state index in [1.165, 1.54) is 0 Å². The number of carbonyl (C=O) groups is 2. The average Bonchev–Trinajstić information content (AvgIpc) is 3.05. The van der Waals surface area contributed by atoms with E-state index < -0.39 is 35.8 Å². The van der Waals surface area contributed by atoms with Crippen molar-refractivity contribution in [3.63, 3.8) is 0 Å². The smallest absolute Gasteiger partial charge is 0.415 e. The summed E-state index contributed by atoms with van der Waals surface area (Å²) >= 11 is -0.814. The van der Waals surface area contributed by atoms with E-state index in [0.29, 0.717) is 11.8 Å². The molecule has 3 atom stereocenters. The van der Waals surface area contributed by atoms with Crippen molar-refractivity contribution in [2.24, 2.45) is 11.8 Å². The molecule has 120 valence electrons. The van der Waals surface area contributed by atoms with Crippen LogP contribution in [-0.2, 0) is 28.4 Å². The molecule has 0 spiro atoms. The van der Waals surface area contributed by atoms with E-state index in [1.54, 1.807) is 0 Å². The minimum Gasteiger partial charge on any atom is -0.691 e.